The molecule has 1 N–H and O–H groups in total. The van der Waals surface area contributed by atoms with Crippen molar-refractivity contribution in [3.63, 3.8) is 0 Å². The average Bonchev–Trinajstić information content (AvgIpc) is 1.37. The Kier molecular flexibility index (Phi) is 16.7. The number of rotatable bonds is 1. The molecular formula is C2H7ClMgO. The van der Waals surface area contributed by atoms with Crippen molar-refractivity contribution in [2.45, 2.75) is 0 Å². The van der Waals surface area contributed by atoms with Crippen molar-refractivity contribution in [3.8, 4) is 0 Å². The molecule has 0 aromatic carbocycles. The van der Waals surface area contributed by atoms with Crippen molar-refractivity contribution in [2.75, 3.05) is 12.5 Å². The summed E-state index contributed by atoms with van der Waals surface area (Å²) in [6.45, 7) is 0.0849. The Balaban J connectivity index is -0.0000000150. The van der Waals surface area contributed by atoms with Crippen molar-refractivity contribution >= 4 is 34.7 Å². The molecule has 0 aromatic rings. The Bertz CT molecular complexity index is 17.7. The second-order valence-electron chi connectivity index (χ2n) is 0.413. The van der Waals surface area contributed by atoms with Crippen molar-refractivity contribution in [1.82, 2.24) is 0 Å². The van der Waals surface area contributed by atoms with Crippen LogP contribution in [0.15, 0.2) is 0 Å². The van der Waals surface area contributed by atoms with Gasteiger partial charge in [0.05, 0.1) is 6.61 Å². The van der Waals surface area contributed by atoms with Gasteiger partial charge in [0, 0.05) is 5.88 Å². The first-order valence-electron chi connectivity index (χ1n) is 1.08. The number of alkyl halides is 1. The molecule has 0 rings (SSSR count). The Morgan fingerprint density at radius 1 is 1.80 bits per heavy atom. The van der Waals surface area contributed by atoms with E-state index in [-0.39, 0.29) is 32.5 Å². The fraction of sp³-hybridized carbons (Fsp3) is 1.00. The molecule has 0 saturated carbocycles. The predicted octanol–water partition coefficient (Wildman–Crippen LogP) is 0.0617. The van der Waals surface area contributed by atoms with Gasteiger partial charge in [-0.3, -0.25) is 0 Å². The largest absolute Gasteiger partial charge is 2.00 e. The van der Waals surface area contributed by atoms with E-state index in [4.69, 9.17) is 16.7 Å². The standard InChI is InChI=1S/C2H5ClO.Mg.2H/c3-1-2-4;;;/h4H,1-2H2;;;/q;+2;2*-1. The topological polar surface area (TPSA) is 20.2 Å². The summed E-state index contributed by atoms with van der Waals surface area (Å²) in [4.78, 5) is 0. The molecule has 0 unspecified atom stereocenters. The maximum atomic E-state index is 7.74. The van der Waals surface area contributed by atoms with Crippen LogP contribution in [0.3, 0.4) is 0 Å². The molecule has 3 heteroatoms. The summed E-state index contributed by atoms with van der Waals surface area (Å²) < 4.78 is 0. The van der Waals surface area contributed by atoms with Gasteiger partial charge in [-0.2, -0.15) is 0 Å². The molecular weight excluding hydrogens is 99.8 g/mol. The third-order valence-corrected chi connectivity index (χ3v) is 0.254. The summed E-state index contributed by atoms with van der Waals surface area (Å²) in [5, 5.41) is 7.74. The van der Waals surface area contributed by atoms with E-state index in [0.717, 1.165) is 0 Å². The van der Waals surface area contributed by atoms with Crippen LogP contribution in [-0.4, -0.2) is 40.6 Å². The first kappa shape index (κ1) is 9.39. The summed E-state index contributed by atoms with van der Waals surface area (Å²) >= 11 is 4.94. The maximum absolute atomic E-state index is 7.74. The van der Waals surface area contributed by atoms with E-state index in [0.29, 0.717) is 5.88 Å². The van der Waals surface area contributed by atoms with E-state index in [1.54, 1.807) is 0 Å². The molecule has 0 saturated heterocycles. The number of hydrogen-bond acceptors (Lipinski definition) is 1. The minimum absolute atomic E-state index is 0. The van der Waals surface area contributed by atoms with Crippen LogP contribution < -0.4 is 0 Å². The smallest absolute Gasteiger partial charge is 1.00 e. The summed E-state index contributed by atoms with van der Waals surface area (Å²) in [6, 6.07) is 0. The predicted molar refractivity (Wildman–Crippen MR) is 25.8 cm³/mol. The molecule has 0 fully saturated rings. The first-order valence-corrected chi connectivity index (χ1v) is 1.62. The molecule has 0 heterocycles. The molecule has 0 spiro atoms. The zero-order valence-electron chi connectivity index (χ0n) is 4.95. The molecule has 0 bridgehead atoms. The fourth-order valence-electron chi connectivity index (χ4n) is 0. The zero-order chi connectivity index (χ0) is 3.41. The molecule has 0 atom stereocenters. The Hall–Kier alpha value is 1.02. The van der Waals surface area contributed by atoms with Crippen molar-refractivity contribution in [2.24, 2.45) is 0 Å². The van der Waals surface area contributed by atoms with Gasteiger partial charge in [-0.05, 0) is 0 Å². The summed E-state index contributed by atoms with van der Waals surface area (Å²) in [5.74, 6) is 0.347. The van der Waals surface area contributed by atoms with Gasteiger partial charge in [-0.15, -0.1) is 11.6 Å². The van der Waals surface area contributed by atoms with Gasteiger partial charge in [0.15, 0.2) is 0 Å². The Labute approximate surface area is 55.4 Å². The van der Waals surface area contributed by atoms with Crippen LogP contribution in [0.4, 0.5) is 0 Å². The third kappa shape index (κ3) is 11.2. The quantitative estimate of drug-likeness (QED) is 0.371. The molecule has 0 aliphatic rings. The second kappa shape index (κ2) is 8.89. The second-order valence-corrected chi connectivity index (χ2v) is 0.791. The molecule has 0 aliphatic heterocycles. The Morgan fingerprint density at radius 2 is 2.00 bits per heavy atom. The van der Waals surface area contributed by atoms with Crippen molar-refractivity contribution in [1.29, 1.82) is 0 Å². The SMILES string of the molecule is OCCCl.[H-].[H-].[Mg+2]. The average molecular weight is 107 g/mol. The van der Waals surface area contributed by atoms with Crippen LogP contribution in [0.25, 0.3) is 0 Å². The van der Waals surface area contributed by atoms with Crippen LogP contribution in [0.2, 0.25) is 0 Å². The van der Waals surface area contributed by atoms with Crippen molar-refractivity contribution in [3.05, 3.63) is 0 Å². The van der Waals surface area contributed by atoms with E-state index in [1.807, 2.05) is 0 Å². The van der Waals surface area contributed by atoms with E-state index < -0.39 is 0 Å². The number of halogens is 1. The van der Waals surface area contributed by atoms with Gasteiger partial charge in [-0.1, -0.05) is 0 Å². The van der Waals surface area contributed by atoms with Gasteiger partial charge in [0.2, 0.25) is 0 Å². The summed E-state index contributed by atoms with van der Waals surface area (Å²) in [5.41, 5.74) is 0. The molecule has 0 aliphatic carbocycles. The number of aliphatic hydroxyl groups excluding tert-OH is 1. The van der Waals surface area contributed by atoms with Gasteiger partial charge in [-0.25, -0.2) is 0 Å². The van der Waals surface area contributed by atoms with Crippen LogP contribution in [0.5, 0.6) is 0 Å². The van der Waals surface area contributed by atoms with Crippen LogP contribution in [0.1, 0.15) is 2.85 Å². The molecule has 30 valence electrons. The van der Waals surface area contributed by atoms with Crippen molar-refractivity contribution < 1.29 is 7.96 Å². The van der Waals surface area contributed by atoms with Crippen LogP contribution >= 0.6 is 11.6 Å². The van der Waals surface area contributed by atoms with Crippen LogP contribution in [0, 0.1) is 0 Å². The van der Waals surface area contributed by atoms with E-state index >= 15 is 0 Å². The van der Waals surface area contributed by atoms with Gasteiger partial charge in [0.1, 0.15) is 0 Å². The molecule has 0 radical (unpaired) electrons. The van der Waals surface area contributed by atoms with E-state index in [2.05, 4.69) is 0 Å². The van der Waals surface area contributed by atoms with Gasteiger partial charge < -0.3 is 7.96 Å². The molecule has 0 amide bonds. The van der Waals surface area contributed by atoms with Gasteiger partial charge >= 0.3 is 23.1 Å². The van der Waals surface area contributed by atoms with Crippen LogP contribution in [-0.2, 0) is 0 Å². The fourth-order valence-corrected chi connectivity index (χ4v) is 0. The molecule has 0 aromatic heterocycles. The van der Waals surface area contributed by atoms with E-state index in [1.165, 1.54) is 0 Å². The molecule has 1 nitrogen and oxygen atoms in total. The maximum Gasteiger partial charge on any atom is 2.00 e. The first-order chi connectivity index (χ1) is 1.91. The Morgan fingerprint density at radius 3 is 2.00 bits per heavy atom. The zero-order valence-corrected chi connectivity index (χ0v) is 5.12. The number of hydrogen-bond donors (Lipinski definition) is 1. The monoisotopic (exact) mass is 106 g/mol. The third-order valence-electron chi connectivity index (χ3n) is 0.0845. The van der Waals surface area contributed by atoms with E-state index in [9.17, 15) is 0 Å². The normalized spacial score (nSPS) is 6.00. The minimum atomic E-state index is 0. The number of aliphatic hydroxyl groups is 1. The minimum Gasteiger partial charge on any atom is -1.00 e. The summed E-state index contributed by atoms with van der Waals surface area (Å²) in [6.07, 6.45) is 0. The molecule has 5 heavy (non-hydrogen) atoms. The van der Waals surface area contributed by atoms with Gasteiger partial charge in [0.25, 0.3) is 0 Å². The summed E-state index contributed by atoms with van der Waals surface area (Å²) in [7, 11) is 0.